The van der Waals surface area contributed by atoms with E-state index in [4.69, 9.17) is 0 Å². The molecule has 0 heterocycles. The summed E-state index contributed by atoms with van der Waals surface area (Å²) >= 11 is 3.89. The molecular formula is H4LiPSSn. The molecule has 4 heavy (non-hydrogen) atoms. The van der Waals surface area contributed by atoms with Gasteiger partial charge >= 0.3 is 42.8 Å². The van der Waals surface area contributed by atoms with Crippen LogP contribution >= 0.6 is 8.02 Å². The molecule has 0 atom stereocenters. The summed E-state index contributed by atoms with van der Waals surface area (Å²) in [6.07, 6.45) is 0. The van der Waals surface area contributed by atoms with Gasteiger partial charge in [-0.15, -0.1) is 0 Å². The van der Waals surface area contributed by atoms with Crippen molar-refractivity contribution in [1.29, 1.82) is 0 Å². The molecule has 0 unspecified atom stereocenters. The molecule has 0 spiro atoms. The third-order valence-corrected chi connectivity index (χ3v) is 0. The standard InChI is InChI=1S/Li.HPS.Sn.3H/c;1-2;;;;/h;1H;;;;/q+1;;;;;-1. The Labute approximate surface area is 63.6 Å². The van der Waals surface area contributed by atoms with Gasteiger partial charge in [-0.1, -0.05) is 11.8 Å². The van der Waals surface area contributed by atoms with Crippen molar-refractivity contribution in [2.75, 3.05) is 0 Å². The molecule has 0 rings (SSSR count). The van der Waals surface area contributed by atoms with E-state index in [0.717, 1.165) is 0 Å². The van der Waals surface area contributed by atoms with Gasteiger partial charge < -0.3 is 1.43 Å². The Morgan fingerprint density at radius 2 is 1.50 bits per heavy atom. The van der Waals surface area contributed by atoms with Crippen molar-refractivity contribution in [3.63, 3.8) is 0 Å². The zero-order chi connectivity index (χ0) is 2.00. The molecule has 0 saturated heterocycles. The van der Waals surface area contributed by atoms with Crippen LogP contribution in [-0.4, -0.2) is 23.9 Å². The maximum absolute atomic E-state index is 3.89. The fraction of sp³-hybridized carbons (Fsp3) is 0. The molecule has 0 aromatic heterocycles. The van der Waals surface area contributed by atoms with Crippen molar-refractivity contribution >= 4 is 43.7 Å². The minimum absolute atomic E-state index is 0. The summed E-state index contributed by atoms with van der Waals surface area (Å²) in [4.78, 5) is 0. The third kappa shape index (κ3) is 9.07. The van der Waals surface area contributed by atoms with Crippen molar-refractivity contribution in [1.82, 2.24) is 0 Å². The van der Waals surface area contributed by atoms with Crippen molar-refractivity contribution in [3.8, 4) is 0 Å². The Morgan fingerprint density at radius 3 is 1.50 bits per heavy atom. The Bertz CT molecular complexity index is 11.6. The van der Waals surface area contributed by atoms with E-state index in [-0.39, 0.29) is 44.2 Å². The van der Waals surface area contributed by atoms with E-state index in [1.54, 1.807) is 0 Å². The van der Waals surface area contributed by atoms with E-state index >= 15 is 0 Å². The molecule has 0 nitrogen and oxygen atoms in total. The van der Waals surface area contributed by atoms with Gasteiger partial charge in [0.25, 0.3) is 0 Å². The van der Waals surface area contributed by atoms with Gasteiger partial charge in [0, 0.05) is 0 Å². The summed E-state index contributed by atoms with van der Waals surface area (Å²) < 4.78 is 0. The van der Waals surface area contributed by atoms with Gasteiger partial charge in [-0.2, -0.15) is 0 Å². The molecule has 2 radical (unpaired) electrons. The summed E-state index contributed by atoms with van der Waals surface area (Å²) in [6, 6.07) is 0. The Hall–Kier alpha value is 1.92. The van der Waals surface area contributed by atoms with Crippen molar-refractivity contribution in [2.24, 2.45) is 0 Å². The van der Waals surface area contributed by atoms with E-state index in [9.17, 15) is 0 Å². The van der Waals surface area contributed by atoms with E-state index in [0.29, 0.717) is 0 Å². The quantitative estimate of drug-likeness (QED) is 0.288. The summed E-state index contributed by atoms with van der Waals surface area (Å²) in [6.45, 7) is 0. The zero-order valence-electron chi connectivity index (χ0n) is 3.62. The van der Waals surface area contributed by atoms with E-state index in [2.05, 4.69) is 19.8 Å². The Morgan fingerprint density at radius 1 is 1.50 bits per heavy atom. The average Bonchev–Trinajstić information content (AvgIpc) is 1.00. The zero-order valence-corrected chi connectivity index (χ0v) is 8.47. The van der Waals surface area contributed by atoms with Crippen LogP contribution in [0.15, 0.2) is 0 Å². The van der Waals surface area contributed by atoms with Crippen molar-refractivity contribution in [2.45, 2.75) is 0 Å². The van der Waals surface area contributed by atoms with Crippen LogP contribution in [0.25, 0.3) is 0 Å². The number of rotatable bonds is 0. The molecule has 0 aliphatic heterocycles. The summed E-state index contributed by atoms with van der Waals surface area (Å²) in [5.74, 6) is 0. The van der Waals surface area contributed by atoms with Crippen molar-refractivity contribution < 1.29 is 20.3 Å². The van der Waals surface area contributed by atoms with E-state index in [1.807, 2.05) is 0 Å². The molecule has 0 bridgehead atoms. The molecule has 20 valence electrons. The van der Waals surface area contributed by atoms with Crippen LogP contribution in [0.2, 0.25) is 0 Å². The van der Waals surface area contributed by atoms with Gasteiger partial charge in [-0.05, 0) is 8.02 Å². The molecule has 0 N–H and O–H groups in total. The first-order valence-electron chi connectivity index (χ1n) is 0.204. The molecule has 0 saturated carbocycles. The van der Waals surface area contributed by atoms with Gasteiger partial charge in [-0.3, -0.25) is 0 Å². The average molecular weight is 193 g/mol. The fourth-order valence-corrected chi connectivity index (χ4v) is 0. The second-order valence-corrected chi connectivity index (χ2v) is 0. The van der Waals surface area contributed by atoms with Gasteiger partial charge in [0.05, 0.1) is 0 Å². The Balaban J connectivity index is -0.00000000167. The van der Waals surface area contributed by atoms with Gasteiger partial charge in [0.15, 0.2) is 0 Å². The second kappa shape index (κ2) is 20.5. The predicted octanol–water partition coefficient (Wildman–Crippen LogP) is -3.21. The van der Waals surface area contributed by atoms with Crippen molar-refractivity contribution in [3.05, 3.63) is 0 Å². The second-order valence-electron chi connectivity index (χ2n) is 0. The van der Waals surface area contributed by atoms with Gasteiger partial charge in [-0.25, -0.2) is 0 Å². The van der Waals surface area contributed by atoms with E-state index in [1.165, 1.54) is 0 Å². The SMILES string of the molecule is P=S.[H-].[Li+].[SnH2]. The molecule has 0 aliphatic rings. The van der Waals surface area contributed by atoms with Gasteiger partial charge in [0.1, 0.15) is 0 Å². The number of hydrogen-bond donors (Lipinski definition) is 0. The summed E-state index contributed by atoms with van der Waals surface area (Å²) in [5.41, 5.74) is 0. The monoisotopic (exact) mass is 194 g/mol. The summed E-state index contributed by atoms with van der Waals surface area (Å²) in [5, 5.41) is 0. The normalized spacial score (nSPS) is 1.00. The summed E-state index contributed by atoms with van der Waals surface area (Å²) in [7, 11) is 2.56. The first kappa shape index (κ1) is 16.8. The number of hydrogen-bond acceptors (Lipinski definition) is 1. The third-order valence-electron chi connectivity index (χ3n) is 0. The first-order chi connectivity index (χ1) is 1.00. The minimum atomic E-state index is 0. The molecule has 0 aliphatic carbocycles. The van der Waals surface area contributed by atoms with Crippen LogP contribution < -0.4 is 18.9 Å². The van der Waals surface area contributed by atoms with Gasteiger partial charge in [0.2, 0.25) is 0 Å². The molecule has 4 heteroatoms. The van der Waals surface area contributed by atoms with Crippen LogP contribution in [0, 0.1) is 0 Å². The van der Waals surface area contributed by atoms with Crippen LogP contribution in [0.5, 0.6) is 0 Å². The molecule has 0 amide bonds. The molecule has 0 aromatic rings. The van der Waals surface area contributed by atoms with Crippen LogP contribution in [0.1, 0.15) is 1.43 Å². The van der Waals surface area contributed by atoms with Crippen LogP contribution in [0.4, 0.5) is 0 Å². The molecular weight excluding hydrogens is 189 g/mol. The first-order valence-corrected chi connectivity index (χ1v) is 1.84. The fourth-order valence-electron chi connectivity index (χ4n) is 0. The van der Waals surface area contributed by atoms with Crippen LogP contribution in [0.3, 0.4) is 0 Å². The topological polar surface area (TPSA) is 0 Å². The van der Waals surface area contributed by atoms with E-state index < -0.39 is 0 Å². The Kier molecular flexibility index (Phi) is 86.3. The van der Waals surface area contributed by atoms with Crippen LogP contribution in [-0.2, 0) is 11.8 Å². The maximum atomic E-state index is 3.89. The molecule has 0 fully saturated rings. The molecule has 0 aromatic carbocycles. The predicted molar refractivity (Wildman–Crippen MR) is 25.3 cm³/mol.